The molecule has 7 nitrogen and oxygen atoms in total. The Labute approximate surface area is 173 Å². The molecule has 2 rings (SSSR count). The molecule has 0 N–H and O–H groups in total. The molecule has 0 bridgehead atoms. The number of ketones is 1. The van der Waals surface area contributed by atoms with Gasteiger partial charge in [-0.2, -0.15) is 13.2 Å². The van der Waals surface area contributed by atoms with Crippen LogP contribution in [0.1, 0.15) is 16.1 Å². The maximum Gasteiger partial charge on any atom is 0.455 e. The van der Waals surface area contributed by atoms with Crippen LogP contribution in [0.5, 0.6) is 0 Å². The van der Waals surface area contributed by atoms with Gasteiger partial charge in [-0.3, -0.25) is 14.4 Å². The molecule has 162 valence electrons. The molecule has 1 amide bonds. The van der Waals surface area contributed by atoms with Crippen LogP contribution < -0.4 is 0 Å². The number of rotatable bonds is 6. The molecule has 0 spiro atoms. The van der Waals surface area contributed by atoms with Crippen LogP contribution in [0.25, 0.3) is 16.8 Å². The van der Waals surface area contributed by atoms with E-state index >= 15 is 0 Å². The summed E-state index contributed by atoms with van der Waals surface area (Å²) in [7, 11) is 5.00. The summed E-state index contributed by atoms with van der Waals surface area (Å²) in [5.74, 6) is -5.04. The fourth-order valence-corrected chi connectivity index (χ4v) is 2.69. The van der Waals surface area contributed by atoms with Gasteiger partial charge in [0.1, 0.15) is 17.1 Å². The number of carbonyl (C=O) groups excluding carboxylic acids is 2. The number of allylic oxidation sites excluding steroid dienone is 1. The van der Waals surface area contributed by atoms with Gasteiger partial charge >= 0.3 is 6.18 Å². The number of hydrogen-bond donors (Lipinski definition) is 0. The highest BCUT2D eigenvalue weighted by Crippen LogP contribution is 2.38. The summed E-state index contributed by atoms with van der Waals surface area (Å²) in [4.78, 5) is 30.8. The summed E-state index contributed by atoms with van der Waals surface area (Å²) in [6.07, 6.45) is -4.47. The number of alkyl halides is 3. The topological polar surface area (TPSA) is 75.9 Å². The molecule has 0 fully saturated rings. The molecule has 30 heavy (non-hydrogen) atoms. The largest absolute Gasteiger partial charge is 0.455 e. The summed E-state index contributed by atoms with van der Waals surface area (Å²) < 4.78 is 58.9. The maximum atomic E-state index is 14.4. The van der Waals surface area contributed by atoms with Crippen molar-refractivity contribution in [1.82, 2.24) is 15.1 Å². The van der Waals surface area contributed by atoms with Gasteiger partial charge in [0.25, 0.3) is 11.7 Å². The van der Waals surface area contributed by atoms with Crippen LogP contribution >= 0.6 is 11.6 Å². The Morgan fingerprint density at radius 3 is 2.37 bits per heavy atom. The number of benzene rings is 1. The third-order valence-electron chi connectivity index (χ3n) is 3.80. The van der Waals surface area contributed by atoms with Crippen molar-refractivity contribution in [2.75, 3.05) is 28.3 Å². The quantitative estimate of drug-likeness (QED) is 0.379. The molecule has 2 aromatic rings. The van der Waals surface area contributed by atoms with E-state index in [4.69, 9.17) is 21.0 Å². The van der Waals surface area contributed by atoms with Gasteiger partial charge in [-0.1, -0.05) is 22.8 Å². The van der Waals surface area contributed by atoms with E-state index in [-0.39, 0.29) is 10.6 Å². The van der Waals surface area contributed by atoms with Crippen LogP contribution in [0.15, 0.2) is 28.9 Å². The molecule has 0 aliphatic heterocycles. The smallest absolute Gasteiger partial charge is 0.383 e. The Hall–Kier alpha value is -2.92. The summed E-state index contributed by atoms with van der Waals surface area (Å²) in [6, 6.07) is 3.59. The Bertz CT molecular complexity index is 982. The second-order valence-corrected chi connectivity index (χ2v) is 6.56. The molecule has 0 unspecified atom stereocenters. The number of aromatic nitrogens is 1. The molecular weight excluding hydrogens is 434 g/mol. The normalized spacial score (nSPS) is 12.1. The number of Topliss-reactive ketones (excluding diaryl/α,β-unsaturated/α-hetero) is 1. The van der Waals surface area contributed by atoms with Crippen molar-refractivity contribution in [2.45, 2.75) is 6.18 Å². The predicted octanol–water partition coefficient (Wildman–Crippen LogP) is 3.80. The van der Waals surface area contributed by atoms with Crippen molar-refractivity contribution in [1.29, 1.82) is 0 Å². The molecule has 1 heterocycles. The van der Waals surface area contributed by atoms with Crippen LogP contribution in [0, 0.1) is 5.82 Å². The number of hydrogen-bond acceptors (Lipinski definition) is 6. The molecule has 0 saturated carbocycles. The lowest BCUT2D eigenvalue weighted by molar-refractivity contribution is -0.164. The number of hydroxylamine groups is 2. The minimum Gasteiger partial charge on any atom is -0.383 e. The van der Waals surface area contributed by atoms with Crippen molar-refractivity contribution in [2.24, 2.45) is 0 Å². The monoisotopic (exact) mass is 449 g/mol. The molecule has 0 atom stereocenters. The second-order valence-electron chi connectivity index (χ2n) is 6.15. The highest BCUT2D eigenvalue weighted by molar-refractivity contribution is 6.33. The lowest BCUT2D eigenvalue weighted by Gasteiger charge is -2.16. The highest BCUT2D eigenvalue weighted by atomic mass is 35.5. The zero-order valence-electron chi connectivity index (χ0n) is 16.2. The SMILES string of the molecule is CON(C)C(=O)c1c(-c2c(F)cccc2Cl)noc1C(=CN(C)C)C(=O)C(F)(F)F. The standard InChI is InChI=1S/C18H16ClF4N3O4/c1-25(2)8-9(16(27)18(21,22)23)15-13(17(28)26(3)29-4)14(24-30-15)12-10(19)6-5-7-11(12)20/h5-8H,1-4H3. The molecule has 0 aliphatic rings. The Morgan fingerprint density at radius 2 is 1.87 bits per heavy atom. The average molecular weight is 450 g/mol. The lowest BCUT2D eigenvalue weighted by atomic mass is 9.99. The summed E-state index contributed by atoms with van der Waals surface area (Å²) in [5, 5.41) is 4.03. The van der Waals surface area contributed by atoms with E-state index < -0.39 is 46.3 Å². The third-order valence-corrected chi connectivity index (χ3v) is 4.11. The Balaban J connectivity index is 2.88. The van der Waals surface area contributed by atoms with E-state index in [1.807, 2.05) is 0 Å². The third kappa shape index (κ3) is 4.62. The van der Waals surface area contributed by atoms with Crippen molar-refractivity contribution in [3.05, 3.63) is 46.6 Å². The van der Waals surface area contributed by atoms with Gasteiger partial charge < -0.3 is 9.42 Å². The number of nitrogens with zero attached hydrogens (tertiary/aromatic N) is 3. The molecule has 0 radical (unpaired) electrons. The molecule has 0 aliphatic carbocycles. The Morgan fingerprint density at radius 1 is 1.23 bits per heavy atom. The maximum absolute atomic E-state index is 14.4. The van der Waals surface area contributed by atoms with Crippen LogP contribution in [0.3, 0.4) is 0 Å². The van der Waals surface area contributed by atoms with Gasteiger partial charge in [-0.05, 0) is 12.1 Å². The van der Waals surface area contributed by atoms with Gasteiger partial charge in [0.2, 0.25) is 0 Å². The molecule has 0 saturated heterocycles. The summed E-state index contributed by atoms with van der Waals surface area (Å²) in [6.45, 7) is 0. The molecular formula is C18H16ClF4N3O4. The molecule has 1 aromatic heterocycles. The number of amides is 1. The van der Waals surface area contributed by atoms with Gasteiger partial charge in [-0.25, -0.2) is 9.45 Å². The van der Waals surface area contributed by atoms with Crippen LogP contribution in [0.2, 0.25) is 5.02 Å². The van der Waals surface area contributed by atoms with E-state index in [9.17, 15) is 27.2 Å². The first-order chi connectivity index (χ1) is 13.9. The summed E-state index contributed by atoms with van der Waals surface area (Å²) in [5.41, 5.74) is -2.50. The van der Waals surface area contributed by atoms with E-state index in [1.165, 1.54) is 26.2 Å². The van der Waals surface area contributed by atoms with Crippen LogP contribution in [0.4, 0.5) is 17.6 Å². The average Bonchev–Trinajstić information content (AvgIpc) is 3.07. The van der Waals surface area contributed by atoms with Gasteiger partial charge in [-0.15, -0.1) is 0 Å². The van der Waals surface area contributed by atoms with Gasteiger partial charge in [0.05, 0.1) is 23.3 Å². The zero-order valence-corrected chi connectivity index (χ0v) is 16.9. The fourth-order valence-electron chi connectivity index (χ4n) is 2.44. The predicted molar refractivity (Wildman–Crippen MR) is 98.7 cm³/mol. The zero-order chi connectivity index (χ0) is 22.8. The molecule has 12 heteroatoms. The van der Waals surface area contributed by atoms with Gasteiger partial charge in [0, 0.05) is 27.3 Å². The fraction of sp³-hybridized carbons (Fsp3) is 0.278. The van der Waals surface area contributed by atoms with E-state index in [1.54, 1.807) is 0 Å². The lowest BCUT2D eigenvalue weighted by Crippen LogP contribution is -2.29. The number of carbonyl (C=O) groups is 2. The van der Waals surface area contributed by atoms with E-state index in [2.05, 4.69) is 5.16 Å². The van der Waals surface area contributed by atoms with E-state index in [0.29, 0.717) is 5.06 Å². The van der Waals surface area contributed by atoms with Crippen LogP contribution in [-0.4, -0.2) is 61.2 Å². The van der Waals surface area contributed by atoms with Crippen LogP contribution in [-0.2, 0) is 9.63 Å². The van der Waals surface area contributed by atoms with Crippen molar-refractivity contribution < 1.29 is 36.5 Å². The first-order valence-corrected chi connectivity index (χ1v) is 8.54. The minimum atomic E-state index is -5.28. The second kappa shape index (κ2) is 8.84. The number of halogens is 5. The highest BCUT2D eigenvalue weighted by Gasteiger charge is 2.44. The van der Waals surface area contributed by atoms with Crippen molar-refractivity contribution in [3.63, 3.8) is 0 Å². The first-order valence-electron chi connectivity index (χ1n) is 8.16. The molecule has 1 aromatic carbocycles. The Kier molecular flexibility index (Phi) is 6.88. The first kappa shape index (κ1) is 23.4. The van der Waals surface area contributed by atoms with Gasteiger partial charge in [0.15, 0.2) is 5.76 Å². The van der Waals surface area contributed by atoms with E-state index in [0.717, 1.165) is 31.3 Å². The van der Waals surface area contributed by atoms with Crippen molar-refractivity contribution >= 4 is 28.9 Å². The van der Waals surface area contributed by atoms with Crippen molar-refractivity contribution in [3.8, 4) is 11.3 Å². The summed E-state index contributed by atoms with van der Waals surface area (Å²) >= 11 is 6.01. The minimum absolute atomic E-state index is 0.177.